The maximum absolute atomic E-state index is 12.9. The fraction of sp³-hybridized carbons (Fsp3) is 0.667. The van der Waals surface area contributed by atoms with Gasteiger partial charge in [0.2, 0.25) is 5.91 Å². The zero-order chi connectivity index (χ0) is 15.8. The Balaban J connectivity index is 2.42. The maximum Gasteiger partial charge on any atom is 0.250 e. The second kappa shape index (κ2) is 5.50. The van der Waals surface area contributed by atoms with Crippen molar-refractivity contribution in [1.82, 2.24) is 15.1 Å². The van der Waals surface area contributed by atoms with Gasteiger partial charge in [0.1, 0.15) is 12.1 Å². The summed E-state index contributed by atoms with van der Waals surface area (Å²) in [4.78, 5) is 26.8. The lowest BCUT2D eigenvalue weighted by molar-refractivity contribution is -0.136. The molecule has 1 aromatic rings. The first-order valence-corrected chi connectivity index (χ1v) is 7.45. The highest BCUT2D eigenvalue weighted by Crippen LogP contribution is 2.29. The number of nitrogens with one attached hydrogen (secondary N) is 1. The molecular formula is C15H24N4O2. The first-order valence-electron chi connectivity index (χ1n) is 7.45. The van der Waals surface area contributed by atoms with E-state index in [2.05, 4.69) is 10.4 Å². The predicted molar refractivity (Wildman–Crippen MR) is 80.9 cm³/mol. The van der Waals surface area contributed by atoms with E-state index in [1.54, 1.807) is 15.8 Å². The number of anilines is 1. The van der Waals surface area contributed by atoms with Crippen LogP contribution in [0.5, 0.6) is 0 Å². The lowest BCUT2D eigenvalue weighted by atomic mass is 9.83. The molecule has 2 amide bonds. The second-order valence-corrected chi connectivity index (χ2v) is 6.49. The van der Waals surface area contributed by atoms with Crippen molar-refractivity contribution < 1.29 is 9.59 Å². The zero-order valence-corrected chi connectivity index (χ0v) is 13.4. The summed E-state index contributed by atoms with van der Waals surface area (Å²) in [7, 11) is 0. The Kier molecular flexibility index (Phi) is 4.07. The summed E-state index contributed by atoms with van der Waals surface area (Å²) in [5.41, 5.74) is 0.363. The summed E-state index contributed by atoms with van der Waals surface area (Å²) in [6.07, 6.45) is 4.05. The Labute approximate surface area is 125 Å². The molecule has 1 aromatic heterocycles. The number of hydrogen-bond donors (Lipinski definition) is 1. The molecule has 1 fully saturated rings. The van der Waals surface area contributed by atoms with E-state index in [-0.39, 0.29) is 17.2 Å². The van der Waals surface area contributed by atoms with Crippen LogP contribution >= 0.6 is 0 Å². The molecular weight excluding hydrogens is 268 g/mol. The first kappa shape index (κ1) is 15.5. The number of carbonyl (C=O) groups is 2. The van der Waals surface area contributed by atoms with Crippen LogP contribution in [0.3, 0.4) is 0 Å². The molecule has 2 rings (SSSR count). The van der Waals surface area contributed by atoms with Crippen molar-refractivity contribution in [2.45, 2.75) is 59.7 Å². The molecule has 21 heavy (non-hydrogen) atoms. The number of hydrogen-bond acceptors (Lipinski definition) is 3. The van der Waals surface area contributed by atoms with Crippen LogP contribution in [0.2, 0.25) is 0 Å². The Hall–Kier alpha value is -1.85. The highest BCUT2D eigenvalue weighted by Gasteiger charge is 2.45. The topological polar surface area (TPSA) is 67.2 Å². The molecule has 0 saturated carbocycles. The molecule has 1 aliphatic rings. The fourth-order valence-corrected chi connectivity index (χ4v) is 2.62. The van der Waals surface area contributed by atoms with E-state index in [4.69, 9.17) is 0 Å². The van der Waals surface area contributed by atoms with Crippen LogP contribution in [-0.4, -0.2) is 33.7 Å². The van der Waals surface area contributed by atoms with Crippen molar-refractivity contribution in [2.75, 3.05) is 4.90 Å². The summed E-state index contributed by atoms with van der Waals surface area (Å²) in [5.74, 6) is -0.161. The molecule has 1 saturated heterocycles. The molecule has 0 aromatic carbocycles. The van der Waals surface area contributed by atoms with E-state index in [1.165, 1.54) is 0 Å². The summed E-state index contributed by atoms with van der Waals surface area (Å²) < 4.78 is 1.76. The van der Waals surface area contributed by atoms with Crippen LogP contribution in [0.4, 0.5) is 5.69 Å². The number of carbonyl (C=O) groups excluding carboxylic acids is 2. The minimum atomic E-state index is -0.516. The Morgan fingerprint density at radius 1 is 1.29 bits per heavy atom. The van der Waals surface area contributed by atoms with Gasteiger partial charge in [-0.05, 0) is 18.8 Å². The third-order valence-corrected chi connectivity index (χ3v) is 3.86. The van der Waals surface area contributed by atoms with Gasteiger partial charge < -0.3 is 5.32 Å². The Morgan fingerprint density at radius 3 is 2.43 bits per heavy atom. The number of aromatic nitrogens is 2. The van der Waals surface area contributed by atoms with Crippen molar-refractivity contribution in [3.05, 3.63) is 12.4 Å². The molecule has 0 aliphatic carbocycles. The lowest BCUT2D eigenvalue weighted by Crippen LogP contribution is -2.66. The van der Waals surface area contributed by atoms with Gasteiger partial charge in [0, 0.05) is 12.7 Å². The van der Waals surface area contributed by atoms with Crippen molar-refractivity contribution in [1.29, 1.82) is 0 Å². The van der Waals surface area contributed by atoms with E-state index < -0.39 is 12.1 Å². The standard InChI is InChI=1S/C15H24N4O2/c1-6-11-13(20)17-12(15(3,4)5)14(21)19(11)10-8-16-18(7-2)9-10/h8-9,11-12H,6-7H2,1-5H3,(H,17,20). The summed E-state index contributed by atoms with van der Waals surface area (Å²) in [5, 5.41) is 7.09. The number of rotatable bonds is 3. The molecule has 0 bridgehead atoms. The van der Waals surface area contributed by atoms with Crippen molar-refractivity contribution >= 4 is 17.5 Å². The molecule has 0 spiro atoms. The van der Waals surface area contributed by atoms with Gasteiger partial charge in [-0.3, -0.25) is 19.2 Å². The second-order valence-electron chi connectivity index (χ2n) is 6.49. The van der Waals surface area contributed by atoms with Gasteiger partial charge in [0.05, 0.1) is 11.9 Å². The van der Waals surface area contributed by atoms with Gasteiger partial charge in [-0.15, -0.1) is 0 Å². The van der Waals surface area contributed by atoms with Gasteiger partial charge in [-0.25, -0.2) is 0 Å². The summed E-state index contributed by atoms with van der Waals surface area (Å²) in [6, 6.07) is -0.983. The first-order chi connectivity index (χ1) is 9.79. The minimum Gasteiger partial charge on any atom is -0.342 e. The highest BCUT2D eigenvalue weighted by molar-refractivity contribution is 6.08. The van der Waals surface area contributed by atoms with Crippen LogP contribution in [-0.2, 0) is 16.1 Å². The number of nitrogens with zero attached hydrogens (tertiary/aromatic N) is 3. The number of aryl methyl sites for hydroxylation is 1. The molecule has 1 aliphatic heterocycles. The zero-order valence-electron chi connectivity index (χ0n) is 13.4. The van der Waals surface area contributed by atoms with Crippen molar-refractivity contribution in [3.8, 4) is 0 Å². The molecule has 0 radical (unpaired) electrons. The smallest absolute Gasteiger partial charge is 0.250 e. The van der Waals surface area contributed by atoms with Crippen LogP contribution in [0.25, 0.3) is 0 Å². The van der Waals surface area contributed by atoms with Gasteiger partial charge in [-0.2, -0.15) is 5.10 Å². The van der Waals surface area contributed by atoms with Crippen molar-refractivity contribution in [3.63, 3.8) is 0 Å². The average molecular weight is 292 g/mol. The van der Waals surface area contributed by atoms with Crippen LogP contribution in [0.15, 0.2) is 12.4 Å². The van der Waals surface area contributed by atoms with Crippen LogP contribution in [0, 0.1) is 5.41 Å². The van der Waals surface area contributed by atoms with E-state index in [0.29, 0.717) is 12.1 Å². The van der Waals surface area contributed by atoms with Gasteiger partial charge >= 0.3 is 0 Å². The predicted octanol–water partition coefficient (Wildman–Crippen LogP) is 1.56. The fourth-order valence-electron chi connectivity index (χ4n) is 2.62. The Morgan fingerprint density at radius 2 is 1.95 bits per heavy atom. The maximum atomic E-state index is 12.9. The third kappa shape index (κ3) is 2.80. The molecule has 6 nitrogen and oxygen atoms in total. The van der Waals surface area contributed by atoms with Crippen LogP contribution < -0.4 is 10.2 Å². The van der Waals surface area contributed by atoms with Crippen molar-refractivity contribution in [2.24, 2.45) is 5.41 Å². The quantitative estimate of drug-likeness (QED) is 0.919. The molecule has 6 heteroatoms. The summed E-state index contributed by atoms with van der Waals surface area (Å²) >= 11 is 0. The lowest BCUT2D eigenvalue weighted by Gasteiger charge is -2.42. The molecule has 116 valence electrons. The van der Waals surface area contributed by atoms with Gasteiger partial charge in [0.15, 0.2) is 0 Å². The normalized spacial score (nSPS) is 23.4. The molecule has 2 unspecified atom stereocenters. The van der Waals surface area contributed by atoms with E-state index in [1.807, 2.05) is 40.8 Å². The van der Waals surface area contributed by atoms with E-state index >= 15 is 0 Å². The van der Waals surface area contributed by atoms with E-state index in [0.717, 1.165) is 6.54 Å². The monoisotopic (exact) mass is 292 g/mol. The van der Waals surface area contributed by atoms with Crippen LogP contribution in [0.1, 0.15) is 41.0 Å². The van der Waals surface area contributed by atoms with Gasteiger partial charge in [-0.1, -0.05) is 27.7 Å². The van der Waals surface area contributed by atoms with Gasteiger partial charge in [0.25, 0.3) is 5.91 Å². The number of amides is 2. The third-order valence-electron chi connectivity index (χ3n) is 3.86. The molecule has 2 atom stereocenters. The molecule has 2 heterocycles. The SMILES string of the molecule is CCC1C(=O)NC(C(C)(C)C)C(=O)N1c1cnn(CC)c1. The Bertz CT molecular complexity index is 544. The average Bonchev–Trinajstić information content (AvgIpc) is 2.87. The largest absolute Gasteiger partial charge is 0.342 e. The van der Waals surface area contributed by atoms with E-state index in [9.17, 15) is 9.59 Å². The highest BCUT2D eigenvalue weighted by atomic mass is 16.2. The minimum absolute atomic E-state index is 0.0652. The summed E-state index contributed by atoms with van der Waals surface area (Å²) in [6.45, 7) is 10.5. The molecule has 1 N–H and O–H groups in total. The number of piperazine rings is 1.